The number of carbonyl (C=O) groups is 2. The minimum absolute atomic E-state index is 0.131. The molecule has 0 radical (unpaired) electrons. The number of anilines is 2. The first-order valence-corrected chi connectivity index (χ1v) is 6.09. The summed E-state index contributed by atoms with van der Waals surface area (Å²) < 4.78 is 0. The maximum atomic E-state index is 12.0. The van der Waals surface area contributed by atoms with Crippen LogP contribution in [0.2, 0.25) is 5.02 Å². The summed E-state index contributed by atoms with van der Waals surface area (Å²) in [6, 6.07) is 3.11. The molecule has 1 aromatic carbocycles. The van der Waals surface area contributed by atoms with Crippen molar-refractivity contribution in [3.63, 3.8) is 0 Å². The first-order chi connectivity index (χ1) is 8.58. The number of hydrogen-bond acceptors (Lipinski definition) is 3. The predicted molar refractivity (Wildman–Crippen MR) is 69.0 cm³/mol. The molecule has 2 amide bonds. The van der Waals surface area contributed by atoms with Crippen LogP contribution in [-0.4, -0.2) is 30.9 Å². The molecule has 3 rings (SSSR count). The summed E-state index contributed by atoms with van der Waals surface area (Å²) in [5.74, 6) is -0.308. The highest BCUT2D eigenvalue weighted by Crippen LogP contribution is 2.39. The third-order valence-electron chi connectivity index (χ3n) is 3.20. The lowest BCUT2D eigenvalue weighted by Crippen LogP contribution is -2.61. The summed E-state index contributed by atoms with van der Waals surface area (Å²) in [6.45, 7) is 2.57. The van der Waals surface area contributed by atoms with Gasteiger partial charge < -0.3 is 10.6 Å². The smallest absolute Gasteiger partial charge is 0.248 e. The van der Waals surface area contributed by atoms with Crippen LogP contribution in [0.3, 0.4) is 0 Å². The average Bonchev–Trinajstić information content (AvgIpc) is 2.29. The molecule has 0 bridgehead atoms. The number of benzene rings is 1. The van der Waals surface area contributed by atoms with Gasteiger partial charge in [-0.25, -0.2) is 0 Å². The Morgan fingerprint density at radius 1 is 1.39 bits per heavy atom. The first kappa shape index (κ1) is 11.5. The maximum Gasteiger partial charge on any atom is 0.248 e. The number of aryl methyl sites for hydroxylation is 1. The van der Waals surface area contributed by atoms with E-state index >= 15 is 0 Å². The Morgan fingerprint density at radius 3 is 2.94 bits per heavy atom. The monoisotopic (exact) mass is 265 g/mol. The number of hydrogen-bond donors (Lipinski definition) is 2. The van der Waals surface area contributed by atoms with Crippen molar-refractivity contribution in [2.75, 3.05) is 23.3 Å². The fraction of sp³-hybridized carbons (Fsp3) is 0.333. The molecule has 2 heterocycles. The number of nitrogens with one attached hydrogen (secondary N) is 2. The summed E-state index contributed by atoms with van der Waals surface area (Å²) in [6.07, 6.45) is 0. The largest absolute Gasteiger partial charge is 0.322 e. The van der Waals surface area contributed by atoms with Gasteiger partial charge in [0.25, 0.3) is 0 Å². The molecule has 0 spiro atoms. The molecule has 1 fully saturated rings. The normalized spacial score (nSPS) is 22.3. The van der Waals surface area contributed by atoms with Crippen molar-refractivity contribution < 1.29 is 9.59 Å². The van der Waals surface area contributed by atoms with Crippen LogP contribution < -0.4 is 15.5 Å². The third kappa shape index (κ3) is 1.59. The number of fused-ring (bicyclic) bond motifs is 3. The zero-order valence-corrected chi connectivity index (χ0v) is 10.5. The van der Waals surface area contributed by atoms with Crippen molar-refractivity contribution in [3.05, 3.63) is 22.7 Å². The van der Waals surface area contributed by atoms with E-state index in [4.69, 9.17) is 11.6 Å². The van der Waals surface area contributed by atoms with Crippen molar-refractivity contribution in [3.8, 4) is 0 Å². The van der Waals surface area contributed by atoms with Crippen molar-refractivity contribution in [1.82, 2.24) is 5.32 Å². The van der Waals surface area contributed by atoms with Gasteiger partial charge in [0.2, 0.25) is 11.8 Å². The van der Waals surface area contributed by atoms with Crippen LogP contribution in [0, 0.1) is 6.92 Å². The third-order valence-corrected chi connectivity index (χ3v) is 3.49. The van der Waals surface area contributed by atoms with Crippen LogP contribution in [0.5, 0.6) is 0 Å². The van der Waals surface area contributed by atoms with Crippen molar-refractivity contribution >= 4 is 34.8 Å². The van der Waals surface area contributed by atoms with E-state index in [0.717, 1.165) is 5.56 Å². The lowest BCUT2D eigenvalue weighted by atomic mass is 10.0. The van der Waals surface area contributed by atoms with Gasteiger partial charge in [-0.15, -0.1) is 0 Å². The van der Waals surface area contributed by atoms with Gasteiger partial charge >= 0.3 is 0 Å². The van der Waals surface area contributed by atoms with E-state index in [1.54, 1.807) is 6.07 Å². The lowest BCUT2D eigenvalue weighted by Gasteiger charge is -2.40. The Morgan fingerprint density at radius 2 is 2.17 bits per heavy atom. The first-order valence-electron chi connectivity index (χ1n) is 5.71. The van der Waals surface area contributed by atoms with Crippen LogP contribution >= 0.6 is 11.6 Å². The Labute approximate surface area is 109 Å². The number of piperazine rings is 1. The van der Waals surface area contributed by atoms with Gasteiger partial charge in [-0.2, -0.15) is 0 Å². The highest BCUT2D eigenvalue weighted by Gasteiger charge is 2.40. The van der Waals surface area contributed by atoms with Gasteiger partial charge in [0.05, 0.1) is 22.9 Å². The van der Waals surface area contributed by atoms with Gasteiger partial charge in [-0.1, -0.05) is 11.6 Å². The van der Waals surface area contributed by atoms with E-state index in [1.165, 1.54) is 4.90 Å². The molecule has 0 aromatic heterocycles. The second kappa shape index (κ2) is 3.96. The zero-order chi connectivity index (χ0) is 12.9. The van der Waals surface area contributed by atoms with Gasteiger partial charge in [0.1, 0.15) is 6.04 Å². The lowest BCUT2D eigenvalue weighted by molar-refractivity contribution is -0.124. The Balaban J connectivity index is 2.19. The molecule has 2 aliphatic heterocycles. The van der Waals surface area contributed by atoms with Crippen molar-refractivity contribution in [2.24, 2.45) is 0 Å². The highest BCUT2D eigenvalue weighted by molar-refractivity contribution is 6.35. The van der Waals surface area contributed by atoms with Crippen LogP contribution in [-0.2, 0) is 9.59 Å². The van der Waals surface area contributed by atoms with E-state index in [9.17, 15) is 9.59 Å². The second-order valence-corrected chi connectivity index (χ2v) is 4.95. The number of amides is 2. The number of rotatable bonds is 0. The Hall–Kier alpha value is -1.59. The average molecular weight is 266 g/mol. The van der Waals surface area contributed by atoms with E-state index in [1.807, 2.05) is 13.0 Å². The van der Waals surface area contributed by atoms with Gasteiger partial charge in [0, 0.05) is 6.54 Å². The van der Waals surface area contributed by atoms with Crippen LogP contribution in [0.1, 0.15) is 5.56 Å². The molecule has 94 valence electrons. The molecular formula is C12H12ClN3O2. The highest BCUT2D eigenvalue weighted by atomic mass is 35.5. The van der Waals surface area contributed by atoms with Crippen LogP contribution in [0.15, 0.2) is 12.1 Å². The maximum absolute atomic E-state index is 12.0. The molecule has 1 unspecified atom stereocenters. The summed E-state index contributed by atoms with van der Waals surface area (Å²) in [5, 5.41) is 6.23. The minimum Gasteiger partial charge on any atom is -0.322 e. The zero-order valence-electron chi connectivity index (χ0n) is 9.79. The molecule has 2 N–H and O–H groups in total. The van der Waals surface area contributed by atoms with Crippen LogP contribution in [0.25, 0.3) is 0 Å². The molecule has 0 saturated carbocycles. The SMILES string of the molecule is Cc1cc(Cl)c2c(c1)NC(=O)C1CNCC(=O)N21. The van der Waals surface area contributed by atoms with Gasteiger partial charge in [0.15, 0.2) is 0 Å². The number of carbonyl (C=O) groups excluding carboxylic acids is 2. The second-order valence-electron chi connectivity index (χ2n) is 4.54. The molecule has 1 aromatic rings. The number of nitrogens with zero attached hydrogens (tertiary/aromatic N) is 1. The van der Waals surface area contributed by atoms with Crippen LogP contribution in [0.4, 0.5) is 11.4 Å². The molecule has 2 aliphatic rings. The molecule has 6 heteroatoms. The minimum atomic E-state index is -0.515. The van der Waals surface area contributed by atoms with E-state index in [-0.39, 0.29) is 18.4 Å². The molecular weight excluding hydrogens is 254 g/mol. The fourth-order valence-corrected chi connectivity index (χ4v) is 2.81. The quantitative estimate of drug-likeness (QED) is 0.733. The van der Waals surface area contributed by atoms with E-state index in [0.29, 0.717) is 22.9 Å². The molecule has 1 saturated heterocycles. The molecule has 18 heavy (non-hydrogen) atoms. The summed E-state index contributed by atoms with van der Waals surface area (Å²) in [7, 11) is 0. The van der Waals surface area contributed by atoms with Crippen molar-refractivity contribution in [2.45, 2.75) is 13.0 Å². The van der Waals surface area contributed by atoms with E-state index in [2.05, 4.69) is 10.6 Å². The Bertz CT molecular complexity index is 558. The summed E-state index contributed by atoms with van der Waals surface area (Å²) >= 11 is 6.21. The van der Waals surface area contributed by atoms with Crippen molar-refractivity contribution in [1.29, 1.82) is 0 Å². The van der Waals surface area contributed by atoms with Gasteiger partial charge in [-0.3, -0.25) is 14.5 Å². The topological polar surface area (TPSA) is 61.4 Å². The fourth-order valence-electron chi connectivity index (χ4n) is 2.45. The predicted octanol–water partition coefficient (Wildman–Crippen LogP) is 0.905. The van der Waals surface area contributed by atoms with E-state index < -0.39 is 6.04 Å². The summed E-state index contributed by atoms with van der Waals surface area (Å²) in [5.41, 5.74) is 2.16. The Kier molecular flexibility index (Phi) is 2.53. The van der Waals surface area contributed by atoms with Gasteiger partial charge in [-0.05, 0) is 24.6 Å². The molecule has 5 nitrogen and oxygen atoms in total. The standard InChI is InChI=1S/C12H12ClN3O2/c1-6-2-7(13)11-8(3-6)15-12(18)9-4-14-5-10(17)16(9)11/h2-3,9,14H,4-5H2,1H3,(H,15,18). The molecule has 0 aliphatic carbocycles. The summed E-state index contributed by atoms with van der Waals surface area (Å²) in [4.78, 5) is 25.5. The number of halogens is 1. The molecule has 1 atom stereocenters.